The van der Waals surface area contributed by atoms with Crippen molar-refractivity contribution in [3.05, 3.63) is 46.2 Å². The second-order valence-corrected chi connectivity index (χ2v) is 32.1. The fraction of sp³-hybridized carbons (Fsp3) is 0.867. The normalized spacial score (nSPS) is 38.6. The number of methoxy groups -OCH3 is 2. The molecule has 6 aliphatic heterocycles. The minimum atomic E-state index is -1.28. The van der Waals surface area contributed by atoms with Gasteiger partial charge in [-0.15, -0.1) is 13.2 Å². The van der Waals surface area contributed by atoms with E-state index in [-0.39, 0.29) is 56.7 Å². The average molecular weight is 1540 g/mol. The van der Waals surface area contributed by atoms with Gasteiger partial charge in [-0.2, -0.15) is 0 Å². The Hall–Kier alpha value is -5.46. The molecule has 107 heavy (non-hydrogen) atoms. The first kappa shape index (κ1) is 93.9. The van der Waals surface area contributed by atoms with E-state index >= 15 is 0 Å². The van der Waals surface area contributed by atoms with Gasteiger partial charge in [0.25, 0.3) is 0 Å². The first-order valence-corrected chi connectivity index (χ1v) is 39.1. The first-order valence-electron chi connectivity index (χ1n) is 38.2. The van der Waals surface area contributed by atoms with Gasteiger partial charge in [0.05, 0.1) is 47.7 Å². The zero-order valence-electron chi connectivity index (χ0n) is 67.8. The highest BCUT2D eigenvalue weighted by Gasteiger charge is 2.62. The van der Waals surface area contributed by atoms with Gasteiger partial charge in [-0.25, -0.2) is 9.59 Å². The molecule has 610 valence electrons. The molecule has 6 heterocycles. The van der Waals surface area contributed by atoms with Crippen LogP contribution in [0.1, 0.15) is 174 Å². The molecule has 6 rings (SSSR count). The number of hydrogen-bond acceptors (Lipinski definition) is 25. The van der Waals surface area contributed by atoms with Crippen LogP contribution in [0.25, 0.3) is 20.9 Å². The number of nitrogens with zero attached hydrogens (tertiary/aromatic N) is 10. The highest BCUT2D eigenvalue weighted by Crippen LogP contribution is 2.44. The molecule has 6 aliphatic rings. The third-order valence-corrected chi connectivity index (χ3v) is 23.5. The number of aliphatic hydroxyl groups is 2. The average Bonchev–Trinajstić information content (AvgIpc) is 1.59. The molecule has 6 saturated heterocycles. The maximum Gasteiger partial charge on any atom is 0.410 e. The number of nitrogens with one attached hydrogen (secondary N) is 2. The lowest BCUT2D eigenvalue weighted by Gasteiger charge is -2.46. The number of Topliss-reactive ketones (excluding diaryl/α,β-unsaturated/α-hetero) is 2. The Bertz CT molecular complexity index is 3010. The van der Waals surface area contributed by atoms with Crippen LogP contribution in [-0.4, -0.2) is 274 Å². The maximum absolute atomic E-state index is 14.4. The molecule has 26 atom stereocenters. The van der Waals surface area contributed by atoms with Gasteiger partial charge in [0.2, 0.25) is 0 Å². The number of ketones is 2. The molecular weight excluding hydrogens is 1400 g/mol. The molecule has 0 spiro atoms. The van der Waals surface area contributed by atoms with E-state index in [2.05, 4.69) is 57.7 Å². The Labute approximate surface area is 637 Å². The van der Waals surface area contributed by atoms with Gasteiger partial charge in [0.15, 0.2) is 43.8 Å². The quantitative estimate of drug-likeness (QED) is 0.00759. The molecular formula is C75H131N12O19P. The monoisotopic (exact) mass is 1530 g/mol. The highest BCUT2D eigenvalue weighted by atomic mass is 31.1. The second kappa shape index (κ2) is 43.4. The molecule has 31 nitrogen and oxygen atoms in total. The molecule has 0 aromatic heterocycles. The Morgan fingerprint density at radius 2 is 1.00 bits per heavy atom. The Morgan fingerprint density at radius 3 is 1.35 bits per heavy atom. The second-order valence-electron chi connectivity index (χ2n) is 31.3. The lowest BCUT2D eigenvalue weighted by Crippen LogP contribution is -2.61. The summed E-state index contributed by atoms with van der Waals surface area (Å²) >= 11 is 0. The molecule has 0 radical (unpaired) electrons. The van der Waals surface area contributed by atoms with E-state index in [9.17, 15) is 38.4 Å². The number of carbonyl (C=O) groups is 6. The van der Waals surface area contributed by atoms with Gasteiger partial charge in [-0.1, -0.05) is 63.9 Å². The van der Waals surface area contributed by atoms with Crippen LogP contribution >= 0.6 is 8.46 Å². The molecule has 0 aromatic carbocycles. The summed E-state index contributed by atoms with van der Waals surface area (Å²) in [5.41, 5.74) is 12.2. The number of likely N-dealkylation sites (N-methyl/N-ethyl adjacent to an activating group) is 1. The van der Waals surface area contributed by atoms with Crippen LogP contribution in [0.5, 0.6) is 0 Å². The molecule has 0 bridgehead atoms. The molecule has 6 fully saturated rings. The Morgan fingerprint density at radius 1 is 0.626 bits per heavy atom. The van der Waals surface area contributed by atoms with Gasteiger partial charge < -0.3 is 78.0 Å². The number of amides is 2. The van der Waals surface area contributed by atoms with Crippen LogP contribution in [0.4, 0.5) is 9.59 Å². The summed E-state index contributed by atoms with van der Waals surface area (Å²) < 4.78 is 75.6. The van der Waals surface area contributed by atoms with E-state index in [1.165, 1.54) is 13.8 Å². The Balaban J connectivity index is 0.000000442. The van der Waals surface area contributed by atoms with E-state index < -0.39 is 143 Å². The van der Waals surface area contributed by atoms with E-state index in [1.807, 2.05) is 79.5 Å². The molecule has 0 aromatic rings. The number of unbranched alkanes of at least 4 members (excludes halogenated alkanes) is 2. The summed E-state index contributed by atoms with van der Waals surface area (Å²) in [5.74, 6) is -6.49. The van der Waals surface area contributed by atoms with Gasteiger partial charge in [0.1, 0.15) is 35.8 Å². The third-order valence-electron chi connectivity index (χ3n) is 22.7. The molecule has 0 saturated carbocycles. The van der Waals surface area contributed by atoms with E-state index in [1.54, 1.807) is 63.9 Å². The summed E-state index contributed by atoms with van der Waals surface area (Å²) in [6.07, 6.45) is 1.60. The first-order chi connectivity index (χ1) is 50.5. The smallest absolute Gasteiger partial charge is 0.410 e. The Kier molecular flexibility index (Phi) is 38.1. The third kappa shape index (κ3) is 23.3. The number of fused-ring (bicyclic) bond motifs is 2. The standard InChI is InChI=1S/C37H63N6O9P.C37H64N6O9.CH4O/c1-12-16-26-31-37(8,52-35(46)43(31)18-15-14-17-40-41-38)28(13-2)50-33(45)25(6)29(44)24(5)32(36(7,48-11)20-22(3)21-39-26)51-34-30(53-47)27(42(9)10)19-23(4)49-34;1-12-16-26-31-37(8,52-35(47)43(31)18-15-14-17-40-41-38)28(13-2)50-33(46)25(6)29(44)24(5)32(36(7,48-11)20-22(3)21-39-26)51-34-30(45)27(42(9)10)19-23(4)49-34;1-2/h12,22-28,30-32,34,39H,1,13-21H2,2-11H3;12,22-28,30-32,34,39,45H,1,13-21H2,2-11H3;2H,1H3/t2*22-,23?,24+,25-,26-,27?,28-,30?,31-,32-,34+,36-,37-;/m11./s1. The number of carbonyl (C=O) groups excluding carboxylic acids is 6. The topological polar surface area (TPSA) is 387 Å². The minimum Gasteiger partial charge on any atom is -0.458 e. The number of hydrogen-bond donors (Lipinski definition) is 4. The van der Waals surface area contributed by atoms with Crippen LogP contribution in [0.2, 0.25) is 0 Å². The fourth-order valence-electron chi connectivity index (χ4n) is 16.9. The van der Waals surface area contributed by atoms with Crippen LogP contribution in [0, 0.1) is 35.5 Å². The van der Waals surface area contributed by atoms with E-state index in [0.717, 1.165) is 7.11 Å². The van der Waals surface area contributed by atoms with Crippen molar-refractivity contribution in [1.29, 1.82) is 0 Å². The van der Waals surface area contributed by atoms with Crippen molar-refractivity contribution in [2.75, 3.05) is 88.8 Å². The number of rotatable bonds is 25. The van der Waals surface area contributed by atoms with Crippen LogP contribution in [-0.2, 0) is 71.1 Å². The highest BCUT2D eigenvalue weighted by molar-refractivity contribution is 7.25. The summed E-state index contributed by atoms with van der Waals surface area (Å²) in [6.45, 7) is 35.8. The summed E-state index contributed by atoms with van der Waals surface area (Å²) in [7, 11) is 11.7. The van der Waals surface area contributed by atoms with E-state index in [4.69, 9.17) is 63.5 Å². The van der Waals surface area contributed by atoms with Crippen molar-refractivity contribution in [2.24, 2.45) is 45.7 Å². The molecule has 2 amide bonds. The zero-order chi connectivity index (χ0) is 80.6. The summed E-state index contributed by atoms with van der Waals surface area (Å²) in [6, 6.07) is -2.18. The lowest BCUT2D eigenvalue weighted by molar-refractivity contribution is -0.295. The van der Waals surface area contributed by atoms with Crippen molar-refractivity contribution in [3.8, 4) is 0 Å². The van der Waals surface area contributed by atoms with Gasteiger partial charge in [0, 0.05) is 93.3 Å². The maximum atomic E-state index is 14.4. The van der Waals surface area contributed by atoms with Crippen molar-refractivity contribution in [3.63, 3.8) is 0 Å². The molecule has 0 aliphatic carbocycles. The lowest BCUT2D eigenvalue weighted by atomic mass is 9.78. The van der Waals surface area contributed by atoms with Crippen LogP contribution in [0.15, 0.2) is 35.5 Å². The number of esters is 2. The van der Waals surface area contributed by atoms with Crippen molar-refractivity contribution < 1.29 is 90.9 Å². The predicted molar refractivity (Wildman–Crippen MR) is 404 cm³/mol. The number of azide groups is 2. The predicted octanol–water partition coefficient (Wildman–Crippen LogP) is 10.1. The SMILES string of the molecule is C=CC[C@H]1NC[C@H](C)C[C@@](C)(OC)[C@H](O[C@@H]2OC(C)CC(N(C)C)C2O)[C@@H](C)C(=O)[C@@H](C)C(=O)O[C@H](CC)[C@@]2(C)OC(=O)N(CCCCN=[N+]=[N-])[C@H]12.C=CC[C@H]1NC[C@H](C)C[C@@](C)(OC)[C@H](O[C@@H]2OC(C)CC(N(C)C)C2P=O)[C@@H](C)C(=O)[C@@H](C)C(=O)O[C@H](CC)[C@@]2(C)OC(=O)N(CCCCN=[N+]=[N-])[C@H]12.CO. The van der Waals surface area contributed by atoms with E-state index in [0.29, 0.717) is 116 Å². The molecule has 6 unspecified atom stereocenters. The largest absolute Gasteiger partial charge is 0.458 e. The van der Waals surface area contributed by atoms with Crippen molar-refractivity contribution >= 4 is 44.2 Å². The number of aliphatic hydroxyl groups excluding tert-OH is 2. The van der Waals surface area contributed by atoms with Crippen molar-refractivity contribution in [2.45, 2.75) is 294 Å². The van der Waals surface area contributed by atoms with Crippen LogP contribution in [0.3, 0.4) is 0 Å². The van der Waals surface area contributed by atoms with Crippen molar-refractivity contribution in [1.82, 2.24) is 30.2 Å². The van der Waals surface area contributed by atoms with Gasteiger partial charge >= 0.3 is 24.1 Å². The minimum absolute atomic E-state index is 0.0414. The summed E-state index contributed by atoms with van der Waals surface area (Å²) in [4.78, 5) is 96.7. The molecule has 4 N–H and O–H groups in total. The number of cyclic esters (lactones) is 2. The zero-order valence-corrected chi connectivity index (χ0v) is 68.6. The van der Waals surface area contributed by atoms with Gasteiger partial charge in [-0.3, -0.25) is 33.5 Å². The van der Waals surface area contributed by atoms with Gasteiger partial charge in [-0.05, 0) is 197 Å². The van der Waals surface area contributed by atoms with Crippen LogP contribution < -0.4 is 10.6 Å². The fourth-order valence-corrected chi connectivity index (χ4v) is 17.6. The number of ether oxygens (including phenoxy) is 10. The molecule has 32 heteroatoms. The summed E-state index contributed by atoms with van der Waals surface area (Å²) in [5, 5.41) is 33.0.